The number of rotatable bonds is 9. The van der Waals surface area contributed by atoms with E-state index in [0.29, 0.717) is 24.3 Å². The van der Waals surface area contributed by atoms with Gasteiger partial charge < -0.3 is 14.8 Å². The van der Waals surface area contributed by atoms with Gasteiger partial charge in [0.15, 0.2) is 11.9 Å². The predicted octanol–water partition coefficient (Wildman–Crippen LogP) is 3.04. The largest absolute Gasteiger partial charge is 0.494 e. The Bertz CT molecular complexity index is 620. The monoisotopic (exact) mass is 361 g/mol. The second-order valence-electron chi connectivity index (χ2n) is 6.65. The van der Waals surface area contributed by atoms with Crippen LogP contribution in [0.3, 0.4) is 0 Å². The fraction of sp³-hybridized carbons (Fsp3) is 0.550. The van der Waals surface area contributed by atoms with Gasteiger partial charge in [0.2, 0.25) is 0 Å². The molecule has 1 aromatic carbocycles. The van der Waals surface area contributed by atoms with Crippen molar-refractivity contribution in [3.8, 4) is 5.75 Å². The predicted molar refractivity (Wildman–Crippen MR) is 97.1 cm³/mol. The van der Waals surface area contributed by atoms with Crippen molar-refractivity contribution in [2.24, 2.45) is 0 Å². The van der Waals surface area contributed by atoms with Crippen molar-refractivity contribution in [1.82, 2.24) is 5.32 Å². The topological polar surface area (TPSA) is 81.7 Å². The minimum absolute atomic E-state index is 0.00498. The lowest BCUT2D eigenvalue weighted by atomic mass is 10.1. The van der Waals surface area contributed by atoms with Crippen molar-refractivity contribution >= 4 is 17.7 Å². The van der Waals surface area contributed by atoms with Gasteiger partial charge in [-0.2, -0.15) is 0 Å². The third kappa shape index (κ3) is 6.50. The van der Waals surface area contributed by atoms with E-state index in [1.807, 2.05) is 0 Å². The van der Waals surface area contributed by atoms with Crippen LogP contribution in [0.2, 0.25) is 0 Å². The number of ketones is 1. The van der Waals surface area contributed by atoms with E-state index in [-0.39, 0.29) is 24.2 Å². The third-order valence-electron chi connectivity index (χ3n) is 4.43. The molecule has 0 heterocycles. The highest BCUT2D eigenvalue weighted by Crippen LogP contribution is 2.18. The van der Waals surface area contributed by atoms with Crippen LogP contribution in [0.15, 0.2) is 24.3 Å². The number of esters is 1. The molecule has 6 nitrogen and oxygen atoms in total. The molecule has 6 heteroatoms. The molecule has 142 valence electrons. The van der Waals surface area contributed by atoms with E-state index in [1.165, 1.54) is 6.92 Å². The van der Waals surface area contributed by atoms with Gasteiger partial charge in [-0.15, -0.1) is 0 Å². The van der Waals surface area contributed by atoms with Crippen LogP contribution >= 0.6 is 0 Å². The average Bonchev–Trinajstić information content (AvgIpc) is 3.12. The summed E-state index contributed by atoms with van der Waals surface area (Å²) >= 11 is 0. The first kappa shape index (κ1) is 19.9. The fourth-order valence-corrected chi connectivity index (χ4v) is 2.89. The molecule has 0 aliphatic heterocycles. The number of Topliss-reactive ketones (excluding diaryl/α,β-unsaturated/α-hetero) is 1. The molecule has 1 fully saturated rings. The summed E-state index contributed by atoms with van der Waals surface area (Å²) in [7, 11) is 0. The molecular weight excluding hydrogens is 334 g/mol. The molecule has 0 aromatic heterocycles. The van der Waals surface area contributed by atoms with Gasteiger partial charge in [0.25, 0.3) is 5.91 Å². The van der Waals surface area contributed by atoms with Crippen molar-refractivity contribution in [2.75, 3.05) is 6.61 Å². The summed E-state index contributed by atoms with van der Waals surface area (Å²) in [6.07, 6.45) is 4.17. The lowest BCUT2D eigenvalue weighted by molar-refractivity contribution is -0.155. The maximum Gasteiger partial charge on any atom is 0.306 e. The first-order chi connectivity index (χ1) is 12.5. The molecule has 1 N–H and O–H groups in total. The summed E-state index contributed by atoms with van der Waals surface area (Å²) < 4.78 is 10.7. The first-order valence-corrected chi connectivity index (χ1v) is 9.19. The summed E-state index contributed by atoms with van der Waals surface area (Å²) in [5.74, 6) is 0.0136. The minimum atomic E-state index is -0.775. The number of ether oxygens (including phenoxy) is 2. The number of carbonyl (C=O) groups is 3. The number of hydrogen-bond acceptors (Lipinski definition) is 5. The number of carbonyl (C=O) groups excluding carboxylic acids is 3. The van der Waals surface area contributed by atoms with Crippen LogP contribution in [0.25, 0.3) is 0 Å². The highest BCUT2D eigenvalue weighted by Gasteiger charge is 2.22. The van der Waals surface area contributed by atoms with Gasteiger partial charge >= 0.3 is 5.97 Å². The van der Waals surface area contributed by atoms with Crippen molar-refractivity contribution < 1.29 is 23.9 Å². The summed E-state index contributed by atoms with van der Waals surface area (Å²) in [5.41, 5.74) is 0.630. The fourth-order valence-electron chi connectivity index (χ4n) is 2.89. The maximum absolute atomic E-state index is 12.0. The molecule has 1 atom stereocenters. The Labute approximate surface area is 154 Å². The van der Waals surface area contributed by atoms with Crippen LogP contribution in [0.1, 0.15) is 62.7 Å². The average molecular weight is 361 g/mol. The van der Waals surface area contributed by atoms with Gasteiger partial charge in [0.05, 0.1) is 6.61 Å². The number of hydrogen-bond donors (Lipinski definition) is 1. The highest BCUT2D eigenvalue weighted by atomic mass is 16.5. The van der Waals surface area contributed by atoms with Crippen LogP contribution in [0, 0.1) is 0 Å². The van der Waals surface area contributed by atoms with E-state index >= 15 is 0 Å². The van der Waals surface area contributed by atoms with Crippen LogP contribution in [-0.2, 0) is 14.3 Å². The van der Waals surface area contributed by atoms with Crippen molar-refractivity contribution in [3.05, 3.63) is 29.8 Å². The first-order valence-electron chi connectivity index (χ1n) is 9.19. The van der Waals surface area contributed by atoms with Crippen LogP contribution in [0.5, 0.6) is 5.75 Å². The van der Waals surface area contributed by atoms with Gasteiger partial charge in [-0.25, -0.2) is 0 Å². The van der Waals surface area contributed by atoms with E-state index < -0.39 is 12.1 Å². The van der Waals surface area contributed by atoms with Crippen molar-refractivity contribution in [1.29, 1.82) is 0 Å². The molecular formula is C20H27NO5. The molecule has 2 rings (SSSR count). The third-order valence-corrected chi connectivity index (χ3v) is 4.43. The molecule has 0 unspecified atom stereocenters. The Morgan fingerprint density at radius 2 is 1.81 bits per heavy atom. The Balaban J connectivity index is 1.61. The summed E-state index contributed by atoms with van der Waals surface area (Å²) in [6, 6.07) is 7.08. The molecule has 0 saturated heterocycles. The SMILES string of the molecule is CC(=O)c1ccc(OCCCC(=O)O[C@@H](C)C(=O)NC2CCCC2)cc1. The summed E-state index contributed by atoms with van der Waals surface area (Å²) in [6.45, 7) is 3.46. The summed E-state index contributed by atoms with van der Waals surface area (Å²) in [4.78, 5) is 35.0. The van der Waals surface area contributed by atoms with Crippen LogP contribution in [0.4, 0.5) is 0 Å². The zero-order valence-corrected chi connectivity index (χ0v) is 15.5. The van der Waals surface area contributed by atoms with E-state index in [4.69, 9.17) is 9.47 Å². The smallest absolute Gasteiger partial charge is 0.306 e. The van der Waals surface area contributed by atoms with E-state index in [0.717, 1.165) is 25.7 Å². The van der Waals surface area contributed by atoms with Crippen LogP contribution < -0.4 is 10.1 Å². The highest BCUT2D eigenvalue weighted by molar-refractivity contribution is 5.94. The molecule has 1 amide bonds. The van der Waals surface area contributed by atoms with Crippen molar-refractivity contribution in [2.45, 2.75) is 64.5 Å². The van der Waals surface area contributed by atoms with Gasteiger partial charge in [-0.05, 0) is 57.4 Å². The van der Waals surface area contributed by atoms with Gasteiger partial charge in [-0.1, -0.05) is 12.8 Å². The van der Waals surface area contributed by atoms with E-state index in [1.54, 1.807) is 31.2 Å². The molecule has 1 saturated carbocycles. The molecule has 1 aromatic rings. The molecule has 0 bridgehead atoms. The zero-order valence-electron chi connectivity index (χ0n) is 15.5. The van der Waals surface area contributed by atoms with Gasteiger partial charge in [-0.3, -0.25) is 14.4 Å². The molecule has 1 aliphatic rings. The Morgan fingerprint density at radius 1 is 1.15 bits per heavy atom. The Hall–Kier alpha value is -2.37. The lowest BCUT2D eigenvalue weighted by Crippen LogP contribution is -2.40. The minimum Gasteiger partial charge on any atom is -0.494 e. The lowest BCUT2D eigenvalue weighted by Gasteiger charge is -2.17. The zero-order chi connectivity index (χ0) is 18.9. The normalized spacial score (nSPS) is 15.3. The maximum atomic E-state index is 12.0. The van der Waals surface area contributed by atoms with Gasteiger partial charge in [0.1, 0.15) is 5.75 Å². The number of benzene rings is 1. The van der Waals surface area contributed by atoms with Gasteiger partial charge in [0, 0.05) is 18.0 Å². The molecule has 1 aliphatic carbocycles. The number of nitrogens with one attached hydrogen (secondary N) is 1. The Morgan fingerprint density at radius 3 is 2.42 bits per heavy atom. The van der Waals surface area contributed by atoms with E-state index in [2.05, 4.69) is 5.32 Å². The second-order valence-corrected chi connectivity index (χ2v) is 6.65. The van der Waals surface area contributed by atoms with Crippen LogP contribution in [-0.4, -0.2) is 36.4 Å². The number of amides is 1. The Kier molecular flexibility index (Phi) is 7.63. The standard InChI is InChI=1S/C20H27NO5/c1-14(22)16-9-11-18(12-10-16)25-13-5-8-19(23)26-15(2)20(24)21-17-6-3-4-7-17/h9-12,15,17H,3-8,13H2,1-2H3,(H,21,24)/t15-/m0/s1. The quantitative estimate of drug-likeness (QED) is 0.415. The van der Waals surface area contributed by atoms with Crippen molar-refractivity contribution in [3.63, 3.8) is 0 Å². The summed E-state index contributed by atoms with van der Waals surface area (Å²) in [5, 5.41) is 2.92. The van der Waals surface area contributed by atoms with E-state index in [9.17, 15) is 14.4 Å². The molecule has 26 heavy (non-hydrogen) atoms. The molecule has 0 radical (unpaired) electrons. The second kappa shape index (κ2) is 9.94. The molecule has 0 spiro atoms.